The van der Waals surface area contributed by atoms with Crippen LogP contribution in [0.3, 0.4) is 0 Å². The smallest absolute Gasteiger partial charge is 0.268 e. The van der Waals surface area contributed by atoms with E-state index < -0.39 is 21.3 Å². The van der Waals surface area contributed by atoms with Crippen LogP contribution >= 0.6 is 12.6 Å². The summed E-state index contributed by atoms with van der Waals surface area (Å²) in [5, 5.41) is 10.2. The highest BCUT2D eigenvalue weighted by Crippen LogP contribution is 2.38. The zero-order valence-electron chi connectivity index (χ0n) is 12.6. The Bertz CT molecular complexity index is 1070. The molecule has 1 aromatic heterocycles. The van der Waals surface area contributed by atoms with Gasteiger partial charge in [-0.15, -0.1) is 17.7 Å². The highest BCUT2D eigenvalue weighted by molar-refractivity contribution is 7.91. The number of aromatic nitrogens is 4. The third kappa shape index (κ3) is 2.33. The molecule has 2 heterocycles. The first-order valence-electron chi connectivity index (χ1n) is 7.21. The molecule has 8 nitrogen and oxygen atoms in total. The number of carbonyl (C=O) groups excluding carboxylic acids is 1. The first-order valence-corrected chi connectivity index (χ1v) is 9.17. The first kappa shape index (κ1) is 15.8. The molecule has 0 aliphatic carbocycles. The van der Waals surface area contributed by atoms with Crippen LogP contribution in [0.2, 0.25) is 0 Å². The minimum Gasteiger partial charge on any atom is -0.268 e. The van der Waals surface area contributed by atoms with Crippen LogP contribution in [0.5, 0.6) is 0 Å². The lowest BCUT2D eigenvalue weighted by atomic mass is 10.2. The summed E-state index contributed by atoms with van der Waals surface area (Å²) in [4.78, 5) is 12.6. The zero-order valence-corrected chi connectivity index (χ0v) is 14.3. The number of amides is 1. The van der Waals surface area contributed by atoms with E-state index in [1.54, 1.807) is 36.4 Å². The topological polar surface area (TPSA) is 98.1 Å². The van der Waals surface area contributed by atoms with Gasteiger partial charge in [0, 0.05) is 0 Å². The predicted octanol–water partition coefficient (Wildman–Crippen LogP) is 1.44. The average Bonchev–Trinajstić information content (AvgIpc) is 3.18. The second-order valence-electron chi connectivity index (χ2n) is 5.26. The number of nitrogens with zero attached hydrogens (tertiary/aromatic N) is 5. The molecule has 1 aliphatic rings. The van der Waals surface area contributed by atoms with Gasteiger partial charge in [0.2, 0.25) is 0 Å². The highest BCUT2D eigenvalue weighted by Gasteiger charge is 2.46. The van der Waals surface area contributed by atoms with Gasteiger partial charge < -0.3 is 0 Å². The van der Waals surface area contributed by atoms with Crippen LogP contribution in [0.15, 0.2) is 59.5 Å². The van der Waals surface area contributed by atoms with Gasteiger partial charge in [-0.1, -0.05) is 30.3 Å². The maximum absolute atomic E-state index is 12.8. The molecule has 1 atom stereocenters. The fourth-order valence-corrected chi connectivity index (χ4v) is 4.87. The molecule has 0 fully saturated rings. The van der Waals surface area contributed by atoms with Crippen molar-refractivity contribution >= 4 is 28.6 Å². The second kappa shape index (κ2) is 5.67. The fourth-order valence-electron chi connectivity index (χ4n) is 2.66. The number of fused-ring (bicyclic) bond motifs is 1. The molecule has 4 rings (SSSR count). The van der Waals surface area contributed by atoms with Crippen molar-refractivity contribution in [3.63, 3.8) is 0 Å². The second-order valence-corrected chi connectivity index (χ2v) is 7.53. The van der Waals surface area contributed by atoms with Crippen molar-refractivity contribution in [3.8, 4) is 5.69 Å². The molecule has 0 radical (unpaired) electrons. The van der Waals surface area contributed by atoms with Crippen LogP contribution in [0.1, 0.15) is 21.6 Å². The lowest BCUT2D eigenvalue weighted by molar-refractivity contribution is 0.0859. The number of thiol groups is 1. The van der Waals surface area contributed by atoms with E-state index in [4.69, 9.17) is 0 Å². The van der Waals surface area contributed by atoms with Gasteiger partial charge in [-0.25, -0.2) is 12.7 Å². The molecule has 1 aliphatic heterocycles. The van der Waals surface area contributed by atoms with Gasteiger partial charge in [-0.05, 0) is 34.7 Å². The van der Waals surface area contributed by atoms with Crippen LogP contribution in [0.4, 0.5) is 0 Å². The number of rotatable bonds is 3. The molecule has 0 saturated carbocycles. The Balaban J connectivity index is 1.81. The van der Waals surface area contributed by atoms with Gasteiger partial charge in [0.15, 0.2) is 11.2 Å². The Morgan fingerprint density at radius 2 is 1.68 bits per heavy atom. The summed E-state index contributed by atoms with van der Waals surface area (Å²) in [6.45, 7) is 0. The van der Waals surface area contributed by atoms with Crippen LogP contribution in [0.25, 0.3) is 5.69 Å². The number of benzene rings is 2. The number of sulfonamides is 1. The van der Waals surface area contributed by atoms with Gasteiger partial charge >= 0.3 is 0 Å². The fraction of sp³-hybridized carbons (Fsp3) is 0.0667. The van der Waals surface area contributed by atoms with Gasteiger partial charge in [0.05, 0.1) is 11.3 Å². The van der Waals surface area contributed by atoms with Crippen molar-refractivity contribution in [2.24, 2.45) is 0 Å². The van der Waals surface area contributed by atoms with E-state index in [1.807, 2.05) is 6.07 Å². The van der Waals surface area contributed by atoms with Crippen LogP contribution in [-0.2, 0) is 10.0 Å². The summed E-state index contributed by atoms with van der Waals surface area (Å²) >= 11 is 4.34. The number of tetrazole rings is 1. The Labute approximate surface area is 148 Å². The summed E-state index contributed by atoms with van der Waals surface area (Å²) in [6.07, 6.45) is 0. The molecule has 0 bridgehead atoms. The van der Waals surface area contributed by atoms with Gasteiger partial charge in [-0.3, -0.25) is 4.79 Å². The number of para-hydroxylation sites is 1. The number of hydrogen-bond donors (Lipinski definition) is 1. The van der Waals surface area contributed by atoms with E-state index in [2.05, 4.69) is 28.2 Å². The van der Waals surface area contributed by atoms with E-state index in [9.17, 15) is 13.2 Å². The Morgan fingerprint density at radius 3 is 2.40 bits per heavy atom. The van der Waals surface area contributed by atoms with Gasteiger partial charge in [0.1, 0.15) is 4.90 Å². The van der Waals surface area contributed by atoms with Gasteiger partial charge in [-0.2, -0.15) is 4.68 Å². The van der Waals surface area contributed by atoms with E-state index >= 15 is 0 Å². The number of hydrogen-bond acceptors (Lipinski definition) is 7. The minimum absolute atomic E-state index is 0.0437. The third-order valence-corrected chi connectivity index (χ3v) is 6.23. The minimum atomic E-state index is -4.02. The van der Waals surface area contributed by atoms with E-state index in [-0.39, 0.29) is 16.3 Å². The highest BCUT2D eigenvalue weighted by atomic mass is 32.2. The van der Waals surface area contributed by atoms with Crippen LogP contribution < -0.4 is 0 Å². The van der Waals surface area contributed by atoms with E-state index in [0.717, 1.165) is 0 Å². The molecule has 0 saturated heterocycles. The summed E-state index contributed by atoms with van der Waals surface area (Å²) in [7, 11) is -4.02. The quantitative estimate of drug-likeness (QED) is 0.698. The standard InChI is InChI=1S/C15H11N5O3S2/c21-14-11-8-4-5-9-12(11)25(22,23)20(14)15(24)13-16-17-18-19(13)10-6-2-1-3-7-10/h1-9,15,24H. The molecule has 0 N–H and O–H groups in total. The van der Waals surface area contributed by atoms with Crippen molar-refractivity contribution < 1.29 is 13.2 Å². The van der Waals surface area contributed by atoms with Crippen molar-refractivity contribution in [1.82, 2.24) is 24.5 Å². The maximum Gasteiger partial charge on any atom is 0.270 e. The molecule has 1 amide bonds. The average molecular weight is 373 g/mol. The molecular formula is C15H11N5O3S2. The number of carbonyl (C=O) groups is 1. The zero-order chi connectivity index (χ0) is 17.6. The van der Waals surface area contributed by atoms with E-state index in [0.29, 0.717) is 9.99 Å². The monoisotopic (exact) mass is 373 g/mol. The predicted molar refractivity (Wildman–Crippen MR) is 90.7 cm³/mol. The SMILES string of the molecule is O=C1c2ccccc2S(=O)(=O)N1C(S)c1nnnn1-c1ccccc1. The van der Waals surface area contributed by atoms with Gasteiger partial charge in [0.25, 0.3) is 15.9 Å². The Kier molecular flexibility index (Phi) is 3.58. The molecule has 3 aromatic rings. The Hall–Kier alpha value is -2.72. The van der Waals surface area contributed by atoms with Crippen molar-refractivity contribution in [1.29, 1.82) is 0 Å². The van der Waals surface area contributed by atoms with Crippen molar-refractivity contribution in [2.45, 2.75) is 10.3 Å². The third-order valence-electron chi connectivity index (χ3n) is 3.80. The summed E-state index contributed by atoms with van der Waals surface area (Å²) in [5.74, 6) is -0.530. The van der Waals surface area contributed by atoms with E-state index in [1.165, 1.54) is 16.8 Å². The largest absolute Gasteiger partial charge is 0.270 e. The molecule has 1 unspecified atom stereocenters. The van der Waals surface area contributed by atoms with Crippen molar-refractivity contribution in [3.05, 3.63) is 66.0 Å². The lowest BCUT2D eigenvalue weighted by Gasteiger charge is -2.21. The summed E-state index contributed by atoms with van der Waals surface area (Å²) in [6, 6.07) is 15.0. The lowest BCUT2D eigenvalue weighted by Crippen LogP contribution is -2.33. The molecule has 10 heteroatoms. The molecule has 2 aromatic carbocycles. The molecule has 126 valence electrons. The first-order chi connectivity index (χ1) is 12.0. The normalized spacial score (nSPS) is 16.7. The molecule has 0 spiro atoms. The summed E-state index contributed by atoms with van der Waals surface area (Å²) < 4.78 is 27.6. The van der Waals surface area contributed by atoms with Crippen LogP contribution in [-0.4, -0.2) is 38.8 Å². The van der Waals surface area contributed by atoms with Crippen LogP contribution in [0, 0.1) is 0 Å². The maximum atomic E-state index is 12.8. The van der Waals surface area contributed by atoms with Crippen molar-refractivity contribution in [2.75, 3.05) is 0 Å². The molecule has 25 heavy (non-hydrogen) atoms. The Morgan fingerprint density at radius 1 is 1.00 bits per heavy atom. The summed E-state index contributed by atoms with van der Waals surface area (Å²) in [5.41, 5.74) is 0.739. The molecular weight excluding hydrogens is 362 g/mol.